The smallest absolute Gasteiger partial charge is 0.0838 e. The van der Waals surface area contributed by atoms with Crippen molar-refractivity contribution in [1.29, 1.82) is 0 Å². The summed E-state index contributed by atoms with van der Waals surface area (Å²) in [7, 11) is 0. The van der Waals surface area contributed by atoms with Crippen LogP contribution in [0.2, 0.25) is 0 Å². The fourth-order valence-electron chi connectivity index (χ4n) is 4.04. The van der Waals surface area contributed by atoms with Gasteiger partial charge in [-0.3, -0.25) is 0 Å². The van der Waals surface area contributed by atoms with Gasteiger partial charge >= 0.3 is 0 Å². The molecule has 36 heavy (non-hydrogen) atoms. The third kappa shape index (κ3) is 7.40. The molecule has 4 aromatic rings. The van der Waals surface area contributed by atoms with Gasteiger partial charge in [0.05, 0.1) is 12.2 Å². The Morgan fingerprint density at radius 1 is 0.417 bits per heavy atom. The Bertz CT molecular complexity index is 1120. The van der Waals surface area contributed by atoms with Crippen LogP contribution in [0.1, 0.15) is 64.9 Å². The summed E-state index contributed by atoms with van der Waals surface area (Å²) in [6, 6.07) is 36.8. The van der Waals surface area contributed by atoms with Crippen molar-refractivity contribution in [2.24, 2.45) is 10.8 Å². The van der Waals surface area contributed by atoms with Crippen LogP contribution >= 0.6 is 0 Å². The van der Waals surface area contributed by atoms with Gasteiger partial charge in [-0.1, -0.05) is 139 Å². The van der Waals surface area contributed by atoms with Crippen LogP contribution in [0.4, 0.5) is 0 Å². The first-order valence-electron chi connectivity index (χ1n) is 12.6. The number of hydrogen-bond donors (Lipinski definition) is 2. The van der Waals surface area contributed by atoms with Crippen LogP contribution in [0, 0.1) is 10.8 Å². The predicted octanol–water partition coefficient (Wildman–Crippen LogP) is 8.87. The zero-order valence-corrected chi connectivity index (χ0v) is 22.4. The van der Waals surface area contributed by atoms with E-state index in [-0.39, 0.29) is 10.8 Å². The van der Waals surface area contributed by atoms with E-state index in [9.17, 15) is 10.2 Å². The molecule has 0 saturated carbocycles. The summed E-state index contributed by atoms with van der Waals surface area (Å²) in [4.78, 5) is 0. The molecule has 4 aromatic carbocycles. The molecule has 0 unspecified atom stereocenters. The molecule has 2 N–H and O–H groups in total. The van der Waals surface area contributed by atoms with Crippen molar-refractivity contribution < 1.29 is 10.2 Å². The maximum absolute atomic E-state index is 10.3. The van der Waals surface area contributed by atoms with E-state index < -0.39 is 12.2 Å². The summed E-state index contributed by atoms with van der Waals surface area (Å²) in [6.45, 7) is 12.3. The predicted molar refractivity (Wildman–Crippen MR) is 153 cm³/mol. The normalized spacial score (nSPS) is 13.3. The number of aliphatic hydroxyl groups is 2. The molecule has 0 aromatic heterocycles. The van der Waals surface area contributed by atoms with E-state index in [1.807, 2.05) is 102 Å². The topological polar surface area (TPSA) is 40.5 Å². The molecule has 0 spiro atoms. The molecule has 2 nitrogen and oxygen atoms in total. The van der Waals surface area contributed by atoms with Crippen molar-refractivity contribution in [3.8, 4) is 22.3 Å². The molecular formula is C34H40O2. The second-order valence-corrected chi connectivity index (χ2v) is 11.5. The SMILES string of the molecule is CC(C)(C)[C@@H](O)c1cccc(-c2ccccc2)c1.CC(C)(C)[C@H](O)c1cccc(-c2ccccc2)c1. The standard InChI is InChI=1S/2C17H20O/c2*1-17(2,3)16(18)15-11-7-10-14(12-15)13-8-5-4-6-9-13/h2*4-12,16,18H,1-3H3/t2*16-/m10/s1. The molecule has 0 radical (unpaired) electrons. The highest BCUT2D eigenvalue weighted by Crippen LogP contribution is 2.35. The number of benzene rings is 4. The lowest BCUT2D eigenvalue weighted by Crippen LogP contribution is -2.17. The molecule has 0 saturated heterocycles. The number of hydrogen-bond acceptors (Lipinski definition) is 2. The van der Waals surface area contributed by atoms with Crippen LogP contribution in [0.15, 0.2) is 109 Å². The van der Waals surface area contributed by atoms with Gasteiger partial charge in [-0.05, 0) is 56.3 Å². The second-order valence-electron chi connectivity index (χ2n) is 11.5. The molecule has 0 bridgehead atoms. The molecule has 0 aliphatic heterocycles. The van der Waals surface area contributed by atoms with Crippen LogP contribution in [0.3, 0.4) is 0 Å². The summed E-state index contributed by atoms with van der Waals surface area (Å²) >= 11 is 0. The Balaban J connectivity index is 0.000000201. The van der Waals surface area contributed by atoms with E-state index in [0.717, 1.165) is 22.3 Å². The van der Waals surface area contributed by atoms with Gasteiger partial charge in [0.25, 0.3) is 0 Å². The minimum absolute atomic E-state index is 0.144. The largest absolute Gasteiger partial charge is 0.388 e. The van der Waals surface area contributed by atoms with Crippen molar-refractivity contribution in [3.05, 3.63) is 120 Å². The van der Waals surface area contributed by atoms with Crippen LogP contribution in [-0.2, 0) is 0 Å². The van der Waals surface area contributed by atoms with E-state index in [1.54, 1.807) is 0 Å². The lowest BCUT2D eigenvalue weighted by molar-refractivity contribution is 0.0627. The molecule has 0 aliphatic rings. The van der Waals surface area contributed by atoms with Gasteiger partial charge in [0, 0.05) is 0 Å². The van der Waals surface area contributed by atoms with Crippen LogP contribution in [0.25, 0.3) is 22.3 Å². The Morgan fingerprint density at radius 3 is 1.03 bits per heavy atom. The molecule has 0 aliphatic carbocycles. The van der Waals surface area contributed by atoms with Crippen LogP contribution in [0.5, 0.6) is 0 Å². The van der Waals surface area contributed by atoms with E-state index >= 15 is 0 Å². The first-order chi connectivity index (χ1) is 17.0. The third-order valence-electron chi connectivity index (χ3n) is 6.26. The summed E-state index contributed by atoms with van der Waals surface area (Å²) in [6.07, 6.45) is -0.887. The zero-order chi connectivity index (χ0) is 26.3. The monoisotopic (exact) mass is 480 g/mol. The van der Waals surface area contributed by atoms with Gasteiger partial charge in [-0.15, -0.1) is 0 Å². The van der Waals surface area contributed by atoms with E-state index in [1.165, 1.54) is 11.1 Å². The van der Waals surface area contributed by atoms with Gasteiger partial charge in [-0.25, -0.2) is 0 Å². The highest BCUT2D eigenvalue weighted by Gasteiger charge is 2.24. The van der Waals surface area contributed by atoms with Crippen molar-refractivity contribution >= 4 is 0 Å². The van der Waals surface area contributed by atoms with Gasteiger partial charge in [0.15, 0.2) is 0 Å². The third-order valence-corrected chi connectivity index (χ3v) is 6.26. The minimum atomic E-state index is -0.443. The molecule has 0 amide bonds. The Hall–Kier alpha value is -3.20. The summed E-state index contributed by atoms with van der Waals surface area (Å²) in [5.41, 5.74) is 6.33. The highest BCUT2D eigenvalue weighted by atomic mass is 16.3. The van der Waals surface area contributed by atoms with Gasteiger partial charge in [-0.2, -0.15) is 0 Å². The average molecular weight is 481 g/mol. The molecule has 0 fully saturated rings. The number of aliphatic hydroxyl groups excluding tert-OH is 2. The summed E-state index contributed by atoms with van der Waals surface area (Å²) in [5.74, 6) is 0. The van der Waals surface area contributed by atoms with E-state index in [2.05, 4.69) is 48.5 Å². The van der Waals surface area contributed by atoms with Gasteiger partial charge in [0.2, 0.25) is 0 Å². The minimum Gasteiger partial charge on any atom is -0.388 e. The maximum atomic E-state index is 10.3. The van der Waals surface area contributed by atoms with E-state index in [4.69, 9.17) is 0 Å². The lowest BCUT2D eigenvalue weighted by atomic mass is 9.84. The van der Waals surface area contributed by atoms with Crippen molar-refractivity contribution in [2.75, 3.05) is 0 Å². The quantitative estimate of drug-likeness (QED) is 0.306. The van der Waals surface area contributed by atoms with Crippen molar-refractivity contribution in [3.63, 3.8) is 0 Å². The fraction of sp³-hybridized carbons (Fsp3) is 0.294. The zero-order valence-electron chi connectivity index (χ0n) is 22.4. The molecule has 2 heteroatoms. The Labute approximate surface area is 217 Å². The van der Waals surface area contributed by atoms with Gasteiger partial charge < -0.3 is 10.2 Å². The molecular weight excluding hydrogens is 440 g/mol. The Kier molecular flexibility index (Phi) is 8.89. The summed E-state index contributed by atoms with van der Waals surface area (Å²) in [5, 5.41) is 20.7. The molecule has 188 valence electrons. The van der Waals surface area contributed by atoms with Crippen LogP contribution < -0.4 is 0 Å². The average Bonchev–Trinajstić information content (AvgIpc) is 2.88. The molecule has 0 heterocycles. The van der Waals surface area contributed by atoms with Crippen molar-refractivity contribution in [1.82, 2.24) is 0 Å². The summed E-state index contributed by atoms with van der Waals surface area (Å²) < 4.78 is 0. The molecule has 4 rings (SSSR count). The highest BCUT2D eigenvalue weighted by molar-refractivity contribution is 5.65. The Morgan fingerprint density at radius 2 is 0.722 bits per heavy atom. The van der Waals surface area contributed by atoms with Crippen molar-refractivity contribution in [2.45, 2.75) is 53.8 Å². The lowest BCUT2D eigenvalue weighted by Gasteiger charge is -2.26. The van der Waals surface area contributed by atoms with E-state index in [0.29, 0.717) is 0 Å². The molecule has 2 atom stereocenters. The first-order valence-corrected chi connectivity index (χ1v) is 12.6. The maximum Gasteiger partial charge on any atom is 0.0838 e. The second kappa shape index (κ2) is 11.7. The van der Waals surface area contributed by atoms with Crippen LogP contribution in [-0.4, -0.2) is 10.2 Å². The first kappa shape index (κ1) is 27.4. The fourth-order valence-corrected chi connectivity index (χ4v) is 4.04. The number of rotatable bonds is 4. The van der Waals surface area contributed by atoms with Gasteiger partial charge in [0.1, 0.15) is 0 Å².